The standard InChI is InChI=1S/C15H18N2O2S/c1-2-12-7-3-4-8-13(12)11-17-20(18,19)15-10-6-5-9-14(15)16/h3-10,17H,2,11,16H2,1H3. The highest BCUT2D eigenvalue weighted by Crippen LogP contribution is 2.18. The fourth-order valence-electron chi connectivity index (χ4n) is 2.05. The third kappa shape index (κ3) is 3.18. The Labute approximate surface area is 119 Å². The summed E-state index contributed by atoms with van der Waals surface area (Å²) >= 11 is 0. The van der Waals surface area contributed by atoms with Crippen molar-refractivity contribution in [3.05, 3.63) is 59.7 Å². The highest BCUT2D eigenvalue weighted by molar-refractivity contribution is 7.89. The molecule has 20 heavy (non-hydrogen) atoms. The van der Waals surface area contributed by atoms with Crippen LogP contribution in [0, 0.1) is 0 Å². The molecular weight excluding hydrogens is 272 g/mol. The molecule has 0 aliphatic heterocycles. The van der Waals surface area contributed by atoms with Crippen LogP contribution in [0.15, 0.2) is 53.4 Å². The number of anilines is 1. The topological polar surface area (TPSA) is 72.2 Å². The smallest absolute Gasteiger partial charge is 0.242 e. The molecule has 0 fully saturated rings. The number of para-hydroxylation sites is 1. The van der Waals surface area contributed by atoms with Gasteiger partial charge in [0.2, 0.25) is 10.0 Å². The highest BCUT2D eigenvalue weighted by atomic mass is 32.2. The van der Waals surface area contributed by atoms with Gasteiger partial charge in [-0.15, -0.1) is 0 Å². The predicted molar refractivity (Wildman–Crippen MR) is 80.7 cm³/mol. The molecule has 0 saturated heterocycles. The average Bonchev–Trinajstić information content (AvgIpc) is 2.46. The lowest BCUT2D eigenvalue weighted by atomic mass is 10.1. The van der Waals surface area contributed by atoms with Gasteiger partial charge in [0, 0.05) is 6.54 Å². The Morgan fingerprint density at radius 2 is 1.60 bits per heavy atom. The van der Waals surface area contributed by atoms with Crippen LogP contribution in [0.25, 0.3) is 0 Å². The molecule has 5 heteroatoms. The van der Waals surface area contributed by atoms with Crippen LogP contribution in [-0.2, 0) is 23.0 Å². The Morgan fingerprint density at radius 1 is 1.00 bits per heavy atom. The number of aryl methyl sites for hydroxylation is 1. The number of nitrogens with one attached hydrogen (secondary N) is 1. The summed E-state index contributed by atoms with van der Waals surface area (Å²) in [7, 11) is -3.59. The molecule has 0 aromatic heterocycles. The molecule has 0 unspecified atom stereocenters. The summed E-state index contributed by atoms with van der Waals surface area (Å²) in [5.41, 5.74) is 8.08. The summed E-state index contributed by atoms with van der Waals surface area (Å²) in [6.45, 7) is 2.31. The maximum absolute atomic E-state index is 12.2. The zero-order valence-corrected chi connectivity index (χ0v) is 12.2. The van der Waals surface area contributed by atoms with Crippen LogP contribution in [0.5, 0.6) is 0 Å². The van der Waals surface area contributed by atoms with Crippen molar-refractivity contribution in [2.24, 2.45) is 0 Å². The van der Waals surface area contributed by atoms with Gasteiger partial charge in [0.25, 0.3) is 0 Å². The van der Waals surface area contributed by atoms with Gasteiger partial charge in [-0.3, -0.25) is 0 Å². The molecule has 0 aliphatic carbocycles. The third-order valence-corrected chi connectivity index (χ3v) is 4.64. The van der Waals surface area contributed by atoms with Crippen LogP contribution >= 0.6 is 0 Å². The van der Waals surface area contributed by atoms with Crippen molar-refractivity contribution in [2.45, 2.75) is 24.8 Å². The summed E-state index contributed by atoms with van der Waals surface area (Å²) in [6, 6.07) is 14.2. The first kappa shape index (κ1) is 14.6. The van der Waals surface area contributed by atoms with Crippen LogP contribution in [0.1, 0.15) is 18.1 Å². The van der Waals surface area contributed by atoms with E-state index in [0.29, 0.717) is 0 Å². The molecule has 0 bridgehead atoms. The molecule has 0 amide bonds. The largest absolute Gasteiger partial charge is 0.398 e. The number of nitrogens with two attached hydrogens (primary N) is 1. The second-order valence-corrected chi connectivity index (χ2v) is 6.22. The SMILES string of the molecule is CCc1ccccc1CNS(=O)(=O)c1ccccc1N. The van der Waals surface area contributed by atoms with Gasteiger partial charge in [0.1, 0.15) is 4.90 Å². The number of nitrogen functional groups attached to an aromatic ring is 1. The molecular formula is C15H18N2O2S. The molecule has 4 nitrogen and oxygen atoms in total. The van der Waals surface area contributed by atoms with Crippen LogP contribution in [0.3, 0.4) is 0 Å². The maximum Gasteiger partial charge on any atom is 0.242 e. The zero-order valence-electron chi connectivity index (χ0n) is 11.3. The van der Waals surface area contributed by atoms with Gasteiger partial charge in [-0.2, -0.15) is 0 Å². The maximum atomic E-state index is 12.2. The van der Waals surface area contributed by atoms with Crippen molar-refractivity contribution in [2.75, 3.05) is 5.73 Å². The Balaban J connectivity index is 2.20. The summed E-state index contributed by atoms with van der Waals surface area (Å²) in [4.78, 5) is 0.119. The minimum absolute atomic E-state index is 0.119. The van der Waals surface area contributed by atoms with E-state index in [4.69, 9.17) is 5.73 Å². The number of rotatable bonds is 5. The van der Waals surface area contributed by atoms with E-state index < -0.39 is 10.0 Å². The van der Waals surface area contributed by atoms with Gasteiger partial charge in [-0.25, -0.2) is 13.1 Å². The Bertz CT molecular complexity index is 697. The van der Waals surface area contributed by atoms with Gasteiger partial charge in [-0.05, 0) is 29.7 Å². The Morgan fingerprint density at radius 3 is 2.25 bits per heavy atom. The molecule has 0 radical (unpaired) electrons. The van der Waals surface area contributed by atoms with Crippen LogP contribution < -0.4 is 10.5 Å². The van der Waals surface area contributed by atoms with Crippen LogP contribution in [0.4, 0.5) is 5.69 Å². The molecule has 0 saturated carbocycles. The third-order valence-electron chi connectivity index (χ3n) is 3.16. The van der Waals surface area contributed by atoms with Gasteiger partial charge < -0.3 is 5.73 Å². The van der Waals surface area contributed by atoms with Gasteiger partial charge in [0.15, 0.2) is 0 Å². The van der Waals surface area contributed by atoms with E-state index in [-0.39, 0.29) is 17.1 Å². The molecule has 0 aliphatic rings. The molecule has 106 valence electrons. The molecule has 0 heterocycles. The molecule has 0 atom stereocenters. The van der Waals surface area contributed by atoms with E-state index in [1.54, 1.807) is 18.2 Å². The van der Waals surface area contributed by atoms with E-state index in [1.165, 1.54) is 6.07 Å². The van der Waals surface area contributed by atoms with E-state index in [1.807, 2.05) is 31.2 Å². The van der Waals surface area contributed by atoms with Crippen LogP contribution in [-0.4, -0.2) is 8.42 Å². The van der Waals surface area contributed by atoms with Crippen molar-refractivity contribution in [3.8, 4) is 0 Å². The second kappa shape index (κ2) is 6.07. The number of benzene rings is 2. The number of hydrogen-bond acceptors (Lipinski definition) is 3. The summed E-state index contributed by atoms with van der Waals surface area (Å²) in [5.74, 6) is 0. The van der Waals surface area contributed by atoms with Crippen molar-refractivity contribution < 1.29 is 8.42 Å². The van der Waals surface area contributed by atoms with E-state index in [2.05, 4.69) is 4.72 Å². The fraction of sp³-hybridized carbons (Fsp3) is 0.200. The lowest BCUT2D eigenvalue weighted by Crippen LogP contribution is -2.24. The van der Waals surface area contributed by atoms with Crippen molar-refractivity contribution in [1.29, 1.82) is 0 Å². The molecule has 2 aromatic carbocycles. The van der Waals surface area contributed by atoms with Crippen molar-refractivity contribution in [3.63, 3.8) is 0 Å². The average molecular weight is 290 g/mol. The normalized spacial score (nSPS) is 11.4. The van der Waals surface area contributed by atoms with Crippen molar-refractivity contribution in [1.82, 2.24) is 4.72 Å². The monoisotopic (exact) mass is 290 g/mol. The summed E-state index contributed by atoms with van der Waals surface area (Å²) in [6.07, 6.45) is 0.866. The minimum Gasteiger partial charge on any atom is -0.398 e. The molecule has 2 rings (SSSR count). The molecule has 2 aromatic rings. The van der Waals surface area contributed by atoms with Gasteiger partial charge in [-0.1, -0.05) is 43.3 Å². The van der Waals surface area contributed by atoms with Crippen LogP contribution in [0.2, 0.25) is 0 Å². The number of sulfonamides is 1. The summed E-state index contributed by atoms with van der Waals surface area (Å²) < 4.78 is 27.1. The second-order valence-electron chi connectivity index (χ2n) is 4.48. The minimum atomic E-state index is -3.59. The first-order chi connectivity index (χ1) is 9.54. The first-order valence-electron chi connectivity index (χ1n) is 6.45. The predicted octanol–water partition coefficient (Wildman–Crippen LogP) is 2.31. The fourth-order valence-corrected chi connectivity index (χ4v) is 3.19. The van der Waals surface area contributed by atoms with Gasteiger partial charge in [0.05, 0.1) is 5.69 Å². The Kier molecular flexibility index (Phi) is 4.42. The van der Waals surface area contributed by atoms with E-state index >= 15 is 0 Å². The first-order valence-corrected chi connectivity index (χ1v) is 7.94. The molecule has 3 N–H and O–H groups in total. The summed E-state index contributed by atoms with van der Waals surface area (Å²) in [5, 5.41) is 0. The van der Waals surface area contributed by atoms with E-state index in [9.17, 15) is 8.42 Å². The quantitative estimate of drug-likeness (QED) is 0.830. The Hall–Kier alpha value is -1.85. The lowest BCUT2D eigenvalue weighted by molar-refractivity contribution is 0.581. The lowest BCUT2D eigenvalue weighted by Gasteiger charge is -2.11. The zero-order chi connectivity index (χ0) is 14.6. The van der Waals surface area contributed by atoms with Crippen molar-refractivity contribution >= 4 is 15.7 Å². The van der Waals surface area contributed by atoms with Gasteiger partial charge >= 0.3 is 0 Å². The highest BCUT2D eigenvalue weighted by Gasteiger charge is 2.16. The van der Waals surface area contributed by atoms with E-state index in [0.717, 1.165) is 17.5 Å². The molecule has 0 spiro atoms. The number of hydrogen-bond donors (Lipinski definition) is 2.